The second kappa shape index (κ2) is 5.65. The minimum Gasteiger partial charge on any atom is -0.387 e. The molecule has 0 bridgehead atoms. The first kappa shape index (κ1) is 12.6. The first-order valence-corrected chi connectivity index (χ1v) is 6.70. The number of benzene rings is 1. The maximum absolute atomic E-state index is 10.1. The quantitative estimate of drug-likeness (QED) is 0.838. The normalized spacial score (nSPS) is 16.9. The van der Waals surface area contributed by atoms with E-state index in [1.54, 1.807) is 0 Å². The van der Waals surface area contributed by atoms with Gasteiger partial charge in [-0.25, -0.2) is 0 Å². The summed E-state index contributed by atoms with van der Waals surface area (Å²) in [5.74, 6) is 0. The molecule has 2 N–H and O–H groups in total. The molecule has 1 atom stereocenters. The van der Waals surface area contributed by atoms with Crippen molar-refractivity contribution < 1.29 is 5.11 Å². The van der Waals surface area contributed by atoms with Crippen LogP contribution in [0.3, 0.4) is 0 Å². The van der Waals surface area contributed by atoms with Gasteiger partial charge in [-0.1, -0.05) is 32.0 Å². The van der Waals surface area contributed by atoms with Crippen LogP contribution in [0.15, 0.2) is 18.2 Å². The molecule has 17 heavy (non-hydrogen) atoms. The van der Waals surface area contributed by atoms with E-state index in [1.165, 1.54) is 36.8 Å². The summed E-state index contributed by atoms with van der Waals surface area (Å²) < 4.78 is 0. The van der Waals surface area contributed by atoms with Crippen LogP contribution in [-0.2, 0) is 12.8 Å². The zero-order valence-electron chi connectivity index (χ0n) is 10.9. The van der Waals surface area contributed by atoms with Crippen LogP contribution in [0.25, 0.3) is 0 Å². The van der Waals surface area contributed by atoms with Gasteiger partial charge >= 0.3 is 0 Å². The SMILES string of the molecule is CC(C)NC[C@@H](O)c1ccc2c(c1)CCCC2. The lowest BCUT2D eigenvalue weighted by Gasteiger charge is -2.19. The first-order valence-electron chi connectivity index (χ1n) is 6.70. The number of aryl methyl sites for hydroxylation is 2. The highest BCUT2D eigenvalue weighted by Gasteiger charge is 2.13. The highest BCUT2D eigenvalue weighted by molar-refractivity contribution is 5.34. The Morgan fingerprint density at radius 3 is 2.59 bits per heavy atom. The Morgan fingerprint density at radius 1 is 1.18 bits per heavy atom. The summed E-state index contributed by atoms with van der Waals surface area (Å²) >= 11 is 0. The fraction of sp³-hybridized carbons (Fsp3) is 0.600. The summed E-state index contributed by atoms with van der Waals surface area (Å²) in [4.78, 5) is 0. The molecule has 0 aromatic heterocycles. The van der Waals surface area contributed by atoms with Gasteiger partial charge in [0.05, 0.1) is 6.10 Å². The molecular formula is C15H23NO. The van der Waals surface area contributed by atoms with Gasteiger partial charge in [0.25, 0.3) is 0 Å². The van der Waals surface area contributed by atoms with Crippen molar-refractivity contribution in [2.45, 2.75) is 51.7 Å². The molecule has 1 aliphatic carbocycles. The Hall–Kier alpha value is -0.860. The van der Waals surface area contributed by atoms with Crippen LogP contribution >= 0.6 is 0 Å². The molecule has 0 radical (unpaired) electrons. The van der Waals surface area contributed by atoms with Crippen LogP contribution in [0.1, 0.15) is 49.5 Å². The lowest BCUT2D eigenvalue weighted by atomic mass is 9.89. The third kappa shape index (κ3) is 3.30. The topological polar surface area (TPSA) is 32.3 Å². The minimum absolute atomic E-state index is 0.385. The van der Waals surface area contributed by atoms with E-state index in [1.807, 2.05) is 0 Å². The lowest BCUT2D eigenvalue weighted by molar-refractivity contribution is 0.171. The highest BCUT2D eigenvalue weighted by atomic mass is 16.3. The van der Waals surface area contributed by atoms with Crippen molar-refractivity contribution >= 4 is 0 Å². The number of rotatable bonds is 4. The van der Waals surface area contributed by atoms with Gasteiger partial charge in [0.1, 0.15) is 0 Å². The molecule has 0 amide bonds. The fourth-order valence-electron chi connectivity index (χ4n) is 2.43. The molecule has 0 saturated heterocycles. The molecule has 2 rings (SSSR count). The summed E-state index contributed by atoms with van der Waals surface area (Å²) in [5, 5.41) is 13.4. The van der Waals surface area contributed by atoms with Gasteiger partial charge < -0.3 is 10.4 Å². The molecule has 1 aromatic rings. The number of hydrogen-bond donors (Lipinski definition) is 2. The Bertz CT molecular complexity index is 373. The molecular weight excluding hydrogens is 210 g/mol. The lowest BCUT2D eigenvalue weighted by Crippen LogP contribution is -2.28. The Kier molecular flexibility index (Phi) is 4.19. The van der Waals surface area contributed by atoms with Gasteiger partial charge in [-0.2, -0.15) is 0 Å². The van der Waals surface area contributed by atoms with Gasteiger partial charge in [-0.05, 0) is 42.4 Å². The monoisotopic (exact) mass is 233 g/mol. The van der Waals surface area contributed by atoms with Crippen LogP contribution in [0.2, 0.25) is 0 Å². The molecule has 2 nitrogen and oxygen atoms in total. The third-order valence-corrected chi connectivity index (χ3v) is 3.48. The van der Waals surface area contributed by atoms with E-state index in [2.05, 4.69) is 37.4 Å². The van der Waals surface area contributed by atoms with Crippen LogP contribution in [0.4, 0.5) is 0 Å². The average molecular weight is 233 g/mol. The molecule has 0 fully saturated rings. The van der Waals surface area contributed by atoms with Gasteiger partial charge in [-0.3, -0.25) is 0 Å². The molecule has 0 aliphatic heterocycles. The van der Waals surface area contributed by atoms with Crippen molar-refractivity contribution in [3.63, 3.8) is 0 Å². The van der Waals surface area contributed by atoms with E-state index in [0.717, 1.165) is 5.56 Å². The molecule has 0 saturated carbocycles. The first-order chi connectivity index (χ1) is 8.16. The van der Waals surface area contributed by atoms with Crippen molar-refractivity contribution in [2.75, 3.05) is 6.54 Å². The van der Waals surface area contributed by atoms with E-state index < -0.39 is 0 Å². The summed E-state index contributed by atoms with van der Waals surface area (Å²) in [6.07, 6.45) is 4.59. The maximum atomic E-state index is 10.1. The van der Waals surface area contributed by atoms with Gasteiger partial charge in [-0.15, -0.1) is 0 Å². The number of aliphatic hydroxyl groups excluding tert-OH is 1. The zero-order valence-corrected chi connectivity index (χ0v) is 10.9. The van der Waals surface area contributed by atoms with E-state index in [0.29, 0.717) is 12.6 Å². The van der Waals surface area contributed by atoms with Crippen LogP contribution in [0.5, 0.6) is 0 Å². The van der Waals surface area contributed by atoms with Gasteiger partial charge in [0.2, 0.25) is 0 Å². The molecule has 0 heterocycles. The predicted molar refractivity (Wildman–Crippen MR) is 71.2 cm³/mol. The molecule has 0 unspecified atom stereocenters. The van der Waals surface area contributed by atoms with Crippen molar-refractivity contribution in [3.8, 4) is 0 Å². The van der Waals surface area contributed by atoms with Crippen molar-refractivity contribution in [1.82, 2.24) is 5.32 Å². The van der Waals surface area contributed by atoms with Crippen molar-refractivity contribution in [1.29, 1.82) is 0 Å². The van der Waals surface area contributed by atoms with Gasteiger partial charge in [0.15, 0.2) is 0 Å². The van der Waals surface area contributed by atoms with Crippen LogP contribution in [-0.4, -0.2) is 17.7 Å². The number of hydrogen-bond acceptors (Lipinski definition) is 2. The van der Waals surface area contributed by atoms with E-state index >= 15 is 0 Å². The molecule has 1 aromatic carbocycles. The number of fused-ring (bicyclic) bond motifs is 1. The Morgan fingerprint density at radius 2 is 1.88 bits per heavy atom. The van der Waals surface area contributed by atoms with E-state index in [9.17, 15) is 5.11 Å². The summed E-state index contributed by atoms with van der Waals surface area (Å²) in [6, 6.07) is 6.89. The van der Waals surface area contributed by atoms with E-state index in [4.69, 9.17) is 0 Å². The van der Waals surface area contributed by atoms with E-state index in [-0.39, 0.29) is 6.10 Å². The summed E-state index contributed by atoms with van der Waals surface area (Å²) in [7, 11) is 0. The van der Waals surface area contributed by atoms with Crippen LogP contribution in [0, 0.1) is 0 Å². The highest BCUT2D eigenvalue weighted by Crippen LogP contribution is 2.24. The number of nitrogens with one attached hydrogen (secondary N) is 1. The standard InChI is InChI=1S/C15H23NO/c1-11(2)16-10-15(17)14-8-7-12-5-3-4-6-13(12)9-14/h7-9,11,15-17H,3-6,10H2,1-2H3/t15-/m1/s1. The predicted octanol–water partition coefficient (Wildman–Crippen LogP) is 2.60. The summed E-state index contributed by atoms with van der Waals surface area (Å²) in [5.41, 5.74) is 3.97. The second-order valence-electron chi connectivity index (χ2n) is 5.31. The third-order valence-electron chi connectivity index (χ3n) is 3.48. The molecule has 94 valence electrons. The van der Waals surface area contributed by atoms with Crippen molar-refractivity contribution in [3.05, 3.63) is 34.9 Å². The molecule has 0 spiro atoms. The fourth-order valence-corrected chi connectivity index (χ4v) is 2.43. The average Bonchev–Trinajstić information content (AvgIpc) is 2.35. The Labute approximate surface area is 104 Å². The largest absolute Gasteiger partial charge is 0.387 e. The van der Waals surface area contributed by atoms with Crippen molar-refractivity contribution in [2.24, 2.45) is 0 Å². The van der Waals surface area contributed by atoms with Gasteiger partial charge in [0, 0.05) is 12.6 Å². The minimum atomic E-state index is -0.385. The second-order valence-corrected chi connectivity index (χ2v) is 5.31. The number of aliphatic hydroxyl groups is 1. The molecule has 1 aliphatic rings. The molecule has 2 heteroatoms. The summed E-state index contributed by atoms with van der Waals surface area (Å²) in [6.45, 7) is 4.83. The zero-order chi connectivity index (χ0) is 12.3. The Balaban J connectivity index is 2.05. The maximum Gasteiger partial charge on any atom is 0.0914 e. The smallest absolute Gasteiger partial charge is 0.0914 e. The van der Waals surface area contributed by atoms with Crippen LogP contribution < -0.4 is 5.32 Å².